The van der Waals surface area contributed by atoms with Gasteiger partial charge >= 0.3 is 0 Å². The fraction of sp³-hybridized carbons (Fsp3) is 0.571. The molecule has 142 valence electrons. The van der Waals surface area contributed by atoms with Gasteiger partial charge in [0.25, 0.3) is 5.91 Å². The Balaban J connectivity index is 2.09. The molecular formula is C21H29NO4. The van der Waals surface area contributed by atoms with E-state index in [9.17, 15) is 9.90 Å². The second kappa shape index (κ2) is 7.31. The molecule has 0 aromatic heterocycles. The molecule has 1 heterocycles. The molecule has 1 aromatic rings. The van der Waals surface area contributed by atoms with Crippen LogP contribution in [0.2, 0.25) is 0 Å². The van der Waals surface area contributed by atoms with Crippen molar-refractivity contribution in [3.8, 4) is 5.75 Å². The molecular weight excluding hydrogens is 330 g/mol. The van der Waals surface area contributed by atoms with Gasteiger partial charge in [-0.3, -0.25) is 4.79 Å². The highest BCUT2D eigenvalue weighted by atomic mass is 16.5. The average molecular weight is 359 g/mol. The lowest BCUT2D eigenvalue weighted by atomic mass is 9.79. The van der Waals surface area contributed by atoms with Gasteiger partial charge in [0.15, 0.2) is 0 Å². The van der Waals surface area contributed by atoms with E-state index in [1.165, 1.54) is 0 Å². The number of methoxy groups -OCH3 is 1. The van der Waals surface area contributed by atoms with Crippen LogP contribution in [-0.4, -0.2) is 36.4 Å². The maximum absolute atomic E-state index is 12.9. The largest absolute Gasteiger partial charge is 0.509 e. The predicted octanol–water partition coefficient (Wildman–Crippen LogP) is 3.68. The van der Waals surface area contributed by atoms with Crippen molar-refractivity contribution in [1.82, 2.24) is 5.32 Å². The summed E-state index contributed by atoms with van der Waals surface area (Å²) < 4.78 is 11.3. The Morgan fingerprint density at radius 3 is 2.54 bits per heavy atom. The van der Waals surface area contributed by atoms with Gasteiger partial charge in [0.2, 0.25) is 0 Å². The van der Waals surface area contributed by atoms with E-state index in [0.717, 1.165) is 36.0 Å². The molecule has 2 N–H and O–H groups in total. The smallest absolute Gasteiger partial charge is 0.256 e. The summed E-state index contributed by atoms with van der Waals surface area (Å²) in [6.45, 7) is 6.50. The van der Waals surface area contributed by atoms with E-state index in [0.29, 0.717) is 30.8 Å². The fourth-order valence-corrected chi connectivity index (χ4v) is 4.26. The van der Waals surface area contributed by atoms with Crippen molar-refractivity contribution in [1.29, 1.82) is 0 Å². The fourth-order valence-electron chi connectivity index (χ4n) is 4.26. The first-order valence-corrected chi connectivity index (χ1v) is 9.51. The third-order valence-electron chi connectivity index (χ3n) is 5.65. The van der Waals surface area contributed by atoms with E-state index >= 15 is 0 Å². The molecule has 26 heavy (non-hydrogen) atoms. The van der Waals surface area contributed by atoms with E-state index < -0.39 is 5.54 Å². The van der Waals surface area contributed by atoms with Crippen molar-refractivity contribution in [2.45, 2.75) is 64.5 Å². The molecule has 2 aliphatic rings. The molecule has 1 aliphatic heterocycles. The van der Waals surface area contributed by atoms with Crippen LogP contribution in [0.25, 0.3) is 5.57 Å². The van der Waals surface area contributed by atoms with Gasteiger partial charge in [0.05, 0.1) is 23.8 Å². The standard InChI is InChI=1S/C21H29NO4/c1-5-14-11-13(3)12-16(26-6-2)17(14)18-19(23)21(22-20(18)24)9-7-15(25-4)8-10-21/h11-12,15,23H,5-10H2,1-4H3,(H,22,24). The molecule has 5 nitrogen and oxygen atoms in total. The van der Waals surface area contributed by atoms with Crippen LogP contribution in [-0.2, 0) is 16.0 Å². The van der Waals surface area contributed by atoms with Crippen molar-refractivity contribution in [3.63, 3.8) is 0 Å². The monoisotopic (exact) mass is 359 g/mol. The highest BCUT2D eigenvalue weighted by Crippen LogP contribution is 2.44. The third kappa shape index (κ3) is 3.09. The van der Waals surface area contributed by atoms with Crippen LogP contribution in [0.1, 0.15) is 56.2 Å². The molecule has 1 fully saturated rings. The molecule has 1 saturated carbocycles. The molecule has 0 atom stereocenters. The summed E-state index contributed by atoms with van der Waals surface area (Å²) in [5.74, 6) is 0.623. The Hall–Kier alpha value is -2.01. The number of hydrogen-bond donors (Lipinski definition) is 2. The maximum Gasteiger partial charge on any atom is 0.256 e. The van der Waals surface area contributed by atoms with E-state index in [1.807, 2.05) is 19.9 Å². The predicted molar refractivity (Wildman–Crippen MR) is 101 cm³/mol. The number of ether oxygens (including phenoxy) is 2. The number of nitrogens with one attached hydrogen (secondary N) is 1. The number of aliphatic hydroxyl groups excluding tert-OH is 1. The number of rotatable bonds is 5. The zero-order valence-electron chi connectivity index (χ0n) is 16.1. The maximum atomic E-state index is 12.9. The average Bonchev–Trinajstić information content (AvgIpc) is 2.86. The Labute approximate surface area is 155 Å². The Morgan fingerprint density at radius 2 is 1.96 bits per heavy atom. The van der Waals surface area contributed by atoms with Crippen LogP contribution < -0.4 is 10.1 Å². The summed E-state index contributed by atoms with van der Waals surface area (Å²) in [7, 11) is 1.71. The van der Waals surface area contributed by atoms with Gasteiger partial charge in [0.1, 0.15) is 11.5 Å². The SMILES string of the molecule is CCOc1cc(C)cc(CC)c1C1=C(O)C2(CCC(OC)CC2)NC1=O. The van der Waals surface area contributed by atoms with Crippen LogP contribution >= 0.6 is 0 Å². The lowest BCUT2D eigenvalue weighted by molar-refractivity contribution is -0.116. The van der Waals surface area contributed by atoms with Gasteiger partial charge in [-0.25, -0.2) is 0 Å². The quantitative estimate of drug-likeness (QED) is 0.841. The summed E-state index contributed by atoms with van der Waals surface area (Å²) in [6, 6.07) is 4.01. The molecule has 1 spiro atoms. The Kier molecular flexibility index (Phi) is 5.28. The summed E-state index contributed by atoms with van der Waals surface area (Å²) in [5.41, 5.74) is 2.55. The van der Waals surface area contributed by atoms with Gasteiger partial charge < -0.3 is 19.9 Å². The van der Waals surface area contributed by atoms with Crippen molar-refractivity contribution in [2.75, 3.05) is 13.7 Å². The highest BCUT2D eigenvalue weighted by molar-refractivity contribution is 6.24. The summed E-state index contributed by atoms with van der Waals surface area (Å²) in [6.07, 6.45) is 3.97. The van der Waals surface area contributed by atoms with Crippen molar-refractivity contribution in [3.05, 3.63) is 34.6 Å². The first-order chi connectivity index (χ1) is 12.5. The van der Waals surface area contributed by atoms with Crippen LogP contribution in [0.5, 0.6) is 5.75 Å². The molecule has 0 radical (unpaired) electrons. The Bertz CT molecular complexity index is 730. The number of carbonyl (C=O) groups excluding carboxylic acids is 1. The highest BCUT2D eigenvalue weighted by Gasteiger charge is 2.48. The molecule has 0 bridgehead atoms. The minimum Gasteiger partial charge on any atom is -0.509 e. The molecule has 0 saturated heterocycles. The summed E-state index contributed by atoms with van der Waals surface area (Å²) in [4.78, 5) is 12.9. The molecule has 3 rings (SSSR count). The topological polar surface area (TPSA) is 67.8 Å². The summed E-state index contributed by atoms with van der Waals surface area (Å²) in [5, 5.41) is 14.2. The molecule has 1 aliphatic carbocycles. The number of hydrogen-bond acceptors (Lipinski definition) is 4. The van der Waals surface area contributed by atoms with Gasteiger partial charge in [-0.1, -0.05) is 13.0 Å². The van der Waals surface area contributed by atoms with E-state index in [-0.39, 0.29) is 17.8 Å². The zero-order chi connectivity index (χ0) is 18.9. The van der Waals surface area contributed by atoms with Crippen molar-refractivity contribution >= 4 is 11.5 Å². The number of amides is 1. The zero-order valence-corrected chi connectivity index (χ0v) is 16.1. The van der Waals surface area contributed by atoms with E-state index in [4.69, 9.17) is 9.47 Å². The van der Waals surface area contributed by atoms with Gasteiger partial charge in [0, 0.05) is 12.7 Å². The lowest BCUT2D eigenvalue weighted by Crippen LogP contribution is -2.48. The second-order valence-corrected chi connectivity index (χ2v) is 7.28. The van der Waals surface area contributed by atoms with Gasteiger partial charge in [-0.2, -0.15) is 0 Å². The summed E-state index contributed by atoms with van der Waals surface area (Å²) >= 11 is 0. The number of aliphatic hydroxyl groups is 1. The minimum absolute atomic E-state index is 0.163. The normalized spacial score (nSPS) is 25.7. The number of carbonyl (C=O) groups is 1. The van der Waals surface area contributed by atoms with Crippen LogP contribution in [0.3, 0.4) is 0 Å². The molecule has 5 heteroatoms. The number of benzene rings is 1. The van der Waals surface area contributed by atoms with Crippen molar-refractivity contribution < 1.29 is 19.4 Å². The van der Waals surface area contributed by atoms with Crippen molar-refractivity contribution in [2.24, 2.45) is 0 Å². The first kappa shape index (κ1) is 18.8. The van der Waals surface area contributed by atoms with E-state index in [2.05, 4.69) is 18.3 Å². The molecule has 1 aromatic carbocycles. The van der Waals surface area contributed by atoms with E-state index in [1.54, 1.807) is 7.11 Å². The minimum atomic E-state index is -0.666. The first-order valence-electron chi connectivity index (χ1n) is 9.51. The van der Waals surface area contributed by atoms with Crippen LogP contribution in [0.4, 0.5) is 0 Å². The lowest BCUT2D eigenvalue weighted by Gasteiger charge is -2.36. The molecule has 0 unspecified atom stereocenters. The third-order valence-corrected chi connectivity index (χ3v) is 5.65. The molecule has 1 amide bonds. The van der Waals surface area contributed by atoms with Gasteiger partial charge in [-0.15, -0.1) is 0 Å². The van der Waals surface area contributed by atoms with Crippen LogP contribution in [0, 0.1) is 6.92 Å². The van der Waals surface area contributed by atoms with Gasteiger partial charge in [-0.05, 0) is 63.1 Å². The van der Waals surface area contributed by atoms with Crippen LogP contribution in [0.15, 0.2) is 17.9 Å². The Morgan fingerprint density at radius 1 is 1.27 bits per heavy atom. The second-order valence-electron chi connectivity index (χ2n) is 7.28. The number of aryl methyl sites for hydroxylation is 2.